The molecule has 3 rings (SSSR count). The molecule has 2 N–H and O–H groups in total. The van der Waals surface area contributed by atoms with E-state index in [1.807, 2.05) is 32.9 Å². The summed E-state index contributed by atoms with van der Waals surface area (Å²) in [5.74, 6) is -0.101. The average molecular weight is 498 g/mol. The Hall–Kier alpha value is -3.20. The van der Waals surface area contributed by atoms with Gasteiger partial charge in [0, 0.05) is 42.8 Å². The number of hydrogen-bond acceptors (Lipinski definition) is 8. The topological polar surface area (TPSA) is 106 Å². The highest BCUT2D eigenvalue weighted by atomic mass is 16.6. The molecule has 2 aromatic rings. The molecule has 1 amide bonds. The van der Waals surface area contributed by atoms with E-state index in [-0.39, 0.29) is 12.5 Å². The number of carbonyl (C=O) groups excluding carboxylic acids is 2. The van der Waals surface area contributed by atoms with Crippen LogP contribution in [0.4, 0.5) is 11.6 Å². The monoisotopic (exact) mass is 497 g/mol. The van der Waals surface area contributed by atoms with E-state index in [4.69, 9.17) is 9.47 Å². The van der Waals surface area contributed by atoms with E-state index in [9.17, 15) is 9.59 Å². The molecule has 36 heavy (non-hydrogen) atoms. The predicted octanol–water partition coefficient (Wildman–Crippen LogP) is 3.81. The van der Waals surface area contributed by atoms with Crippen LogP contribution in [0.25, 0.3) is 0 Å². The molecule has 1 aromatic carbocycles. The lowest BCUT2D eigenvalue weighted by Gasteiger charge is -2.34. The Labute approximate surface area is 214 Å². The molecule has 196 valence electrons. The number of nitrogens with zero attached hydrogens (tertiary/aromatic N) is 3. The number of amides is 1. The van der Waals surface area contributed by atoms with Crippen molar-refractivity contribution < 1.29 is 19.1 Å². The van der Waals surface area contributed by atoms with Crippen molar-refractivity contribution in [3.05, 3.63) is 48.3 Å². The molecule has 0 aliphatic carbocycles. The first kappa shape index (κ1) is 27.4. The summed E-state index contributed by atoms with van der Waals surface area (Å²) in [6.45, 7) is 12.8. The number of piperidine rings is 1. The number of aromatic nitrogens is 2. The van der Waals surface area contributed by atoms with Gasteiger partial charge in [0.25, 0.3) is 5.91 Å². The van der Waals surface area contributed by atoms with E-state index in [1.54, 1.807) is 51.4 Å². The van der Waals surface area contributed by atoms with Crippen molar-refractivity contribution in [1.29, 1.82) is 0 Å². The third-order valence-electron chi connectivity index (χ3n) is 5.50. The fourth-order valence-corrected chi connectivity index (χ4v) is 3.92. The van der Waals surface area contributed by atoms with Gasteiger partial charge in [-0.1, -0.05) is 0 Å². The summed E-state index contributed by atoms with van der Waals surface area (Å²) in [6.07, 6.45) is 4.51. The number of esters is 1. The molecular formula is C27H39N5O4. The van der Waals surface area contributed by atoms with Crippen LogP contribution in [0, 0.1) is 0 Å². The second kappa shape index (κ2) is 11.7. The molecule has 0 saturated carbocycles. The average Bonchev–Trinajstić information content (AvgIpc) is 2.81. The SMILES string of the molecule is CC(C)(C)OC(=O)[C@H](CNC(=O)c1ccc(N2CCC(Nc3ncccn3)CC2)cc1)OC(C)(C)C. The highest BCUT2D eigenvalue weighted by molar-refractivity contribution is 5.94. The maximum Gasteiger partial charge on any atom is 0.337 e. The van der Waals surface area contributed by atoms with Crippen molar-refractivity contribution in [1.82, 2.24) is 15.3 Å². The molecule has 1 aromatic heterocycles. The Morgan fingerprint density at radius 2 is 1.61 bits per heavy atom. The molecule has 0 unspecified atom stereocenters. The standard InChI is InChI=1S/C27H39N5O4/c1-26(2,3)35-22(24(34)36-27(4,5)6)18-30-23(33)19-8-10-21(11-9-19)32-16-12-20(13-17-32)31-25-28-14-7-15-29-25/h7-11,14-15,20,22H,12-13,16-18H2,1-6H3,(H,30,33)(H,28,29,31)/t22-/m0/s1. The Morgan fingerprint density at radius 3 is 2.17 bits per heavy atom. The number of hydrogen-bond donors (Lipinski definition) is 2. The molecule has 2 heterocycles. The third kappa shape index (κ3) is 8.78. The number of ether oxygens (including phenoxy) is 2. The van der Waals surface area contributed by atoms with E-state index in [0.29, 0.717) is 17.6 Å². The fourth-order valence-electron chi connectivity index (χ4n) is 3.92. The van der Waals surface area contributed by atoms with Gasteiger partial charge in [-0.05, 0) is 84.7 Å². The van der Waals surface area contributed by atoms with Gasteiger partial charge in [-0.3, -0.25) is 4.79 Å². The minimum atomic E-state index is -0.899. The lowest BCUT2D eigenvalue weighted by atomic mass is 10.0. The lowest BCUT2D eigenvalue weighted by molar-refractivity contribution is -0.176. The van der Waals surface area contributed by atoms with Crippen molar-refractivity contribution in [2.24, 2.45) is 0 Å². The highest BCUT2D eigenvalue weighted by Gasteiger charge is 2.30. The molecule has 1 atom stereocenters. The molecule has 0 bridgehead atoms. The van der Waals surface area contributed by atoms with Crippen LogP contribution in [0.5, 0.6) is 0 Å². The smallest absolute Gasteiger partial charge is 0.337 e. The zero-order chi connectivity index (χ0) is 26.3. The van der Waals surface area contributed by atoms with Crippen LogP contribution < -0.4 is 15.5 Å². The van der Waals surface area contributed by atoms with Gasteiger partial charge in [-0.2, -0.15) is 0 Å². The van der Waals surface area contributed by atoms with Crippen molar-refractivity contribution in [2.45, 2.75) is 77.7 Å². The predicted molar refractivity (Wildman–Crippen MR) is 140 cm³/mol. The summed E-state index contributed by atoms with van der Waals surface area (Å²) >= 11 is 0. The summed E-state index contributed by atoms with van der Waals surface area (Å²) < 4.78 is 11.3. The molecule has 0 radical (unpaired) electrons. The van der Waals surface area contributed by atoms with Gasteiger partial charge in [0.1, 0.15) is 5.60 Å². The normalized spacial score (nSPS) is 15.8. The van der Waals surface area contributed by atoms with Gasteiger partial charge in [0.05, 0.1) is 12.1 Å². The first-order valence-electron chi connectivity index (χ1n) is 12.5. The third-order valence-corrected chi connectivity index (χ3v) is 5.50. The molecule has 1 fully saturated rings. The lowest BCUT2D eigenvalue weighted by Crippen LogP contribution is -2.45. The number of carbonyl (C=O) groups is 2. The number of nitrogens with one attached hydrogen (secondary N) is 2. The summed E-state index contributed by atoms with van der Waals surface area (Å²) in [4.78, 5) is 36.2. The van der Waals surface area contributed by atoms with E-state index in [0.717, 1.165) is 31.6 Å². The first-order valence-corrected chi connectivity index (χ1v) is 12.5. The maximum atomic E-state index is 12.8. The van der Waals surface area contributed by atoms with Crippen LogP contribution in [0.15, 0.2) is 42.7 Å². The molecule has 9 nitrogen and oxygen atoms in total. The summed E-state index contributed by atoms with van der Waals surface area (Å²) in [6, 6.07) is 9.67. The van der Waals surface area contributed by atoms with Crippen LogP contribution in [-0.2, 0) is 14.3 Å². The first-order chi connectivity index (χ1) is 16.9. The molecule has 1 aliphatic heterocycles. The Balaban J connectivity index is 1.52. The number of rotatable bonds is 8. The molecular weight excluding hydrogens is 458 g/mol. The zero-order valence-corrected chi connectivity index (χ0v) is 22.2. The van der Waals surface area contributed by atoms with Gasteiger partial charge in [0.2, 0.25) is 5.95 Å². The van der Waals surface area contributed by atoms with Gasteiger partial charge in [-0.15, -0.1) is 0 Å². The molecule has 1 saturated heterocycles. The maximum absolute atomic E-state index is 12.8. The fraction of sp³-hybridized carbons (Fsp3) is 0.556. The second-order valence-corrected chi connectivity index (χ2v) is 11.0. The van der Waals surface area contributed by atoms with E-state index < -0.39 is 23.3 Å². The van der Waals surface area contributed by atoms with Crippen LogP contribution in [0.1, 0.15) is 64.7 Å². The van der Waals surface area contributed by atoms with Gasteiger partial charge in [0.15, 0.2) is 6.10 Å². The number of anilines is 2. The van der Waals surface area contributed by atoms with E-state index in [2.05, 4.69) is 25.5 Å². The summed E-state index contributed by atoms with van der Waals surface area (Å²) in [5.41, 5.74) is 0.389. The molecule has 1 aliphatic rings. The Kier molecular flexibility index (Phi) is 8.89. The number of benzene rings is 1. The summed E-state index contributed by atoms with van der Waals surface area (Å²) in [5, 5.41) is 6.21. The van der Waals surface area contributed by atoms with Crippen molar-refractivity contribution in [3.8, 4) is 0 Å². The Bertz CT molecular complexity index is 992. The van der Waals surface area contributed by atoms with E-state index in [1.165, 1.54) is 0 Å². The molecule has 0 spiro atoms. The van der Waals surface area contributed by atoms with Crippen molar-refractivity contribution in [2.75, 3.05) is 29.9 Å². The van der Waals surface area contributed by atoms with Crippen LogP contribution in [-0.4, -0.2) is 64.8 Å². The second-order valence-electron chi connectivity index (χ2n) is 11.0. The highest BCUT2D eigenvalue weighted by Crippen LogP contribution is 2.22. The zero-order valence-electron chi connectivity index (χ0n) is 22.2. The van der Waals surface area contributed by atoms with Gasteiger partial charge >= 0.3 is 5.97 Å². The largest absolute Gasteiger partial charge is 0.458 e. The minimum absolute atomic E-state index is 0.0262. The van der Waals surface area contributed by atoms with E-state index >= 15 is 0 Å². The van der Waals surface area contributed by atoms with Crippen LogP contribution in [0.3, 0.4) is 0 Å². The van der Waals surface area contributed by atoms with Crippen LogP contribution >= 0.6 is 0 Å². The summed E-state index contributed by atoms with van der Waals surface area (Å²) in [7, 11) is 0. The van der Waals surface area contributed by atoms with Gasteiger partial charge in [-0.25, -0.2) is 14.8 Å². The minimum Gasteiger partial charge on any atom is -0.458 e. The van der Waals surface area contributed by atoms with Gasteiger partial charge < -0.3 is 25.0 Å². The Morgan fingerprint density at radius 1 is 1.00 bits per heavy atom. The van der Waals surface area contributed by atoms with Crippen molar-refractivity contribution in [3.63, 3.8) is 0 Å². The van der Waals surface area contributed by atoms with Crippen molar-refractivity contribution >= 4 is 23.5 Å². The van der Waals surface area contributed by atoms with Crippen LogP contribution in [0.2, 0.25) is 0 Å². The molecule has 9 heteroatoms. The quantitative estimate of drug-likeness (QED) is 0.531.